The van der Waals surface area contributed by atoms with Crippen molar-refractivity contribution in [3.63, 3.8) is 0 Å². The summed E-state index contributed by atoms with van der Waals surface area (Å²) >= 11 is 0. The van der Waals surface area contributed by atoms with Gasteiger partial charge in [0.05, 0.1) is 17.6 Å². The second kappa shape index (κ2) is 6.48. The SMILES string of the molecule is Cc1ncc(CNCc2cc(C(F)(F)F)on2)n1-c1ccccc1. The maximum atomic E-state index is 12.5. The van der Waals surface area contributed by atoms with Gasteiger partial charge < -0.3 is 9.84 Å². The lowest BCUT2D eigenvalue weighted by molar-refractivity contribution is -0.155. The lowest BCUT2D eigenvalue weighted by atomic mass is 10.3. The van der Waals surface area contributed by atoms with Gasteiger partial charge in [0.25, 0.3) is 0 Å². The summed E-state index contributed by atoms with van der Waals surface area (Å²) < 4.78 is 43.7. The molecule has 0 saturated carbocycles. The Kier molecular flexibility index (Phi) is 4.39. The van der Waals surface area contributed by atoms with Crippen LogP contribution in [0, 0.1) is 6.92 Å². The lowest BCUT2D eigenvalue weighted by Gasteiger charge is -2.10. The van der Waals surface area contributed by atoms with Crippen LogP contribution in [0.15, 0.2) is 47.1 Å². The molecule has 8 heteroatoms. The van der Waals surface area contributed by atoms with E-state index in [2.05, 4.69) is 20.0 Å². The number of hydrogen-bond acceptors (Lipinski definition) is 4. The molecule has 0 spiro atoms. The van der Waals surface area contributed by atoms with Crippen LogP contribution in [0.25, 0.3) is 5.69 Å². The average molecular weight is 336 g/mol. The fourth-order valence-corrected chi connectivity index (χ4v) is 2.39. The Hall–Kier alpha value is -2.61. The van der Waals surface area contributed by atoms with Gasteiger partial charge in [-0.05, 0) is 19.1 Å². The van der Waals surface area contributed by atoms with E-state index in [1.807, 2.05) is 41.8 Å². The molecule has 1 aromatic carbocycles. The molecule has 0 aliphatic carbocycles. The molecule has 24 heavy (non-hydrogen) atoms. The third kappa shape index (κ3) is 3.48. The number of halogens is 3. The summed E-state index contributed by atoms with van der Waals surface area (Å²) in [6.45, 7) is 2.49. The summed E-state index contributed by atoms with van der Waals surface area (Å²) in [7, 11) is 0. The molecular weight excluding hydrogens is 321 g/mol. The summed E-state index contributed by atoms with van der Waals surface area (Å²) in [6.07, 6.45) is -2.78. The predicted molar refractivity (Wildman–Crippen MR) is 80.3 cm³/mol. The highest BCUT2D eigenvalue weighted by molar-refractivity contribution is 5.35. The van der Waals surface area contributed by atoms with E-state index in [0.29, 0.717) is 6.54 Å². The quantitative estimate of drug-likeness (QED) is 0.775. The van der Waals surface area contributed by atoms with Gasteiger partial charge in [0.15, 0.2) is 0 Å². The molecule has 2 aromatic heterocycles. The molecule has 0 unspecified atom stereocenters. The van der Waals surface area contributed by atoms with Crippen LogP contribution in [0.3, 0.4) is 0 Å². The number of hydrogen-bond donors (Lipinski definition) is 1. The minimum atomic E-state index is -4.52. The van der Waals surface area contributed by atoms with Crippen molar-refractivity contribution < 1.29 is 17.7 Å². The zero-order valence-electron chi connectivity index (χ0n) is 12.8. The Morgan fingerprint density at radius 1 is 1.17 bits per heavy atom. The van der Waals surface area contributed by atoms with E-state index in [-0.39, 0.29) is 12.2 Å². The lowest BCUT2D eigenvalue weighted by Crippen LogP contribution is -2.16. The van der Waals surface area contributed by atoms with Crippen LogP contribution < -0.4 is 5.32 Å². The maximum Gasteiger partial charge on any atom is 0.452 e. The first-order valence-corrected chi connectivity index (χ1v) is 7.27. The van der Waals surface area contributed by atoms with Crippen molar-refractivity contribution >= 4 is 0 Å². The van der Waals surface area contributed by atoms with Gasteiger partial charge in [0.2, 0.25) is 5.76 Å². The number of rotatable bonds is 5. The highest BCUT2D eigenvalue weighted by Crippen LogP contribution is 2.29. The van der Waals surface area contributed by atoms with Gasteiger partial charge in [-0.3, -0.25) is 4.57 Å². The molecular formula is C16H15F3N4O. The maximum absolute atomic E-state index is 12.5. The third-order valence-electron chi connectivity index (χ3n) is 3.48. The normalized spacial score (nSPS) is 11.8. The Morgan fingerprint density at radius 3 is 2.58 bits per heavy atom. The van der Waals surface area contributed by atoms with Crippen molar-refractivity contribution in [1.82, 2.24) is 20.0 Å². The molecule has 0 saturated heterocycles. The Morgan fingerprint density at radius 2 is 1.92 bits per heavy atom. The second-order valence-electron chi connectivity index (χ2n) is 5.25. The van der Waals surface area contributed by atoms with Crippen LogP contribution in [0.4, 0.5) is 13.2 Å². The van der Waals surface area contributed by atoms with Crippen molar-refractivity contribution in [2.24, 2.45) is 0 Å². The van der Waals surface area contributed by atoms with Crippen molar-refractivity contribution in [1.29, 1.82) is 0 Å². The fraction of sp³-hybridized carbons (Fsp3) is 0.250. The molecule has 5 nitrogen and oxygen atoms in total. The zero-order valence-corrected chi connectivity index (χ0v) is 12.8. The van der Waals surface area contributed by atoms with Crippen molar-refractivity contribution in [2.45, 2.75) is 26.2 Å². The van der Waals surface area contributed by atoms with Crippen LogP contribution in [0.1, 0.15) is 23.0 Å². The van der Waals surface area contributed by atoms with E-state index >= 15 is 0 Å². The number of alkyl halides is 3. The molecule has 0 fully saturated rings. The van der Waals surface area contributed by atoms with Gasteiger partial charge in [-0.25, -0.2) is 4.98 Å². The number of aryl methyl sites for hydroxylation is 1. The van der Waals surface area contributed by atoms with Crippen LogP contribution in [-0.2, 0) is 19.3 Å². The van der Waals surface area contributed by atoms with Gasteiger partial charge in [0.1, 0.15) is 5.82 Å². The minimum absolute atomic E-state index is 0.165. The molecule has 0 bridgehead atoms. The number of imidazole rings is 1. The van der Waals surface area contributed by atoms with Gasteiger partial charge in [-0.1, -0.05) is 23.4 Å². The third-order valence-corrected chi connectivity index (χ3v) is 3.48. The van der Waals surface area contributed by atoms with E-state index in [1.54, 1.807) is 6.20 Å². The topological polar surface area (TPSA) is 55.9 Å². The molecule has 0 amide bonds. The predicted octanol–water partition coefficient (Wildman–Crippen LogP) is 3.48. The van der Waals surface area contributed by atoms with E-state index in [9.17, 15) is 13.2 Å². The first-order chi connectivity index (χ1) is 11.4. The van der Waals surface area contributed by atoms with Gasteiger partial charge in [-0.2, -0.15) is 13.2 Å². The summed E-state index contributed by atoms with van der Waals surface area (Å²) in [5.41, 5.74) is 2.08. The number of nitrogens with one attached hydrogen (secondary N) is 1. The molecule has 0 aliphatic heterocycles. The standard InChI is InChI=1S/C16H15F3N4O/c1-11-21-10-14(23(11)13-5-3-2-4-6-13)9-20-8-12-7-15(24-22-12)16(17,18)19/h2-7,10,20H,8-9H2,1H3. The van der Waals surface area contributed by atoms with E-state index in [0.717, 1.165) is 23.3 Å². The number of benzene rings is 1. The van der Waals surface area contributed by atoms with Crippen LogP contribution >= 0.6 is 0 Å². The Labute approximate surface area is 136 Å². The van der Waals surface area contributed by atoms with Crippen LogP contribution in [0.5, 0.6) is 0 Å². The first-order valence-electron chi connectivity index (χ1n) is 7.27. The van der Waals surface area contributed by atoms with E-state index in [4.69, 9.17) is 0 Å². The molecule has 0 aliphatic rings. The van der Waals surface area contributed by atoms with Gasteiger partial charge in [0, 0.05) is 24.8 Å². The number of aromatic nitrogens is 3. The van der Waals surface area contributed by atoms with Gasteiger partial charge >= 0.3 is 6.18 Å². The Bertz CT molecular complexity index is 808. The second-order valence-corrected chi connectivity index (χ2v) is 5.25. The van der Waals surface area contributed by atoms with Crippen molar-refractivity contribution in [2.75, 3.05) is 0 Å². The smallest absolute Gasteiger partial charge is 0.351 e. The summed E-state index contributed by atoms with van der Waals surface area (Å²) in [6, 6.07) is 10.6. The monoisotopic (exact) mass is 336 g/mol. The Balaban J connectivity index is 1.67. The van der Waals surface area contributed by atoms with Gasteiger partial charge in [-0.15, -0.1) is 0 Å². The minimum Gasteiger partial charge on any atom is -0.351 e. The summed E-state index contributed by atoms with van der Waals surface area (Å²) in [5, 5.41) is 6.48. The molecule has 2 heterocycles. The zero-order chi connectivity index (χ0) is 17.2. The van der Waals surface area contributed by atoms with Crippen LogP contribution in [-0.4, -0.2) is 14.7 Å². The number of nitrogens with zero attached hydrogens (tertiary/aromatic N) is 3. The number of para-hydroxylation sites is 1. The highest BCUT2D eigenvalue weighted by Gasteiger charge is 2.35. The van der Waals surface area contributed by atoms with Crippen molar-refractivity contribution in [3.05, 3.63) is 65.6 Å². The van der Waals surface area contributed by atoms with E-state index in [1.165, 1.54) is 0 Å². The first kappa shape index (κ1) is 16.3. The fourth-order valence-electron chi connectivity index (χ4n) is 2.39. The molecule has 0 atom stereocenters. The summed E-state index contributed by atoms with van der Waals surface area (Å²) in [5.74, 6) is -0.261. The largest absolute Gasteiger partial charge is 0.452 e. The van der Waals surface area contributed by atoms with Crippen molar-refractivity contribution in [3.8, 4) is 5.69 Å². The molecule has 126 valence electrons. The average Bonchev–Trinajstić information content (AvgIpc) is 3.15. The molecule has 3 rings (SSSR count). The molecule has 0 radical (unpaired) electrons. The molecule has 3 aromatic rings. The highest BCUT2D eigenvalue weighted by atomic mass is 19.4. The molecule has 1 N–H and O–H groups in total. The van der Waals surface area contributed by atoms with E-state index < -0.39 is 11.9 Å². The summed E-state index contributed by atoms with van der Waals surface area (Å²) in [4.78, 5) is 4.30. The van der Waals surface area contributed by atoms with Crippen LogP contribution in [0.2, 0.25) is 0 Å².